The van der Waals surface area contributed by atoms with E-state index in [1.54, 1.807) is 0 Å². The van der Waals surface area contributed by atoms with Crippen LogP contribution in [0.15, 0.2) is 24.3 Å². The summed E-state index contributed by atoms with van der Waals surface area (Å²) in [7, 11) is 2.24. The van der Waals surface area contributed by atoms with E-state index in [1.165, 1.54) is 18.4 Å². The van der Waals surface area contributed by atoms with Gasteiger partial charge in [-0.2, -0.15) is 0 Å². The Morgan fingerprint density at radius 3 is 2.84 bits per heavy atom. The first-order valence-corrected chi connectivity index (χ1v) is 7.77. The predicted octanol–water partition coefficient (Wildman–Crippen LogP) is 3.87. The summed E-state index contributed by atoms with van der Waals surface area (Å²) in [5.74, 6) is 0. The van der Waals surface area contributed by atoms with Crippen molar-refractivity contribution in [1.82, 2.24) is 10.2 Å². The van der Waals surface area contributed by atoms with Gasteiger partial charge in [0.1, 0.15) is 0 Å². The maximum Gasteiger partial charge on any atom is 0.0409 e. The Labute approximate surface area is 122 Å². The van der Waals surface area contributed by atoms with Gasteiger partial charge in [0.05, 0.1) is 0 Å². The molecule has 19 heavy (non-hydrogen) atoms. The molecule has 0 bridgehead atoms. The third-order valence-corrected chi connectivity index (χ3v) is 4.07. The van der Waals surface area contributed by atoms with Crippen molar-refractivity contribution >= 4 is 11.6 Å². The number of rotatable bonds is 8. The molecule has 1 saturated carbocycles. The van der Waals surface area contributed by atoms with E-state index >= 15 is 0 Å². The SMILES string of the molecule is CCCNC(CCN(C)C1CC1)c1cccc(Cl)c1. The molecule has 1 aromatic carbocycles. The Balaban J connectivity index is 1.93. The summed E-state index contributed by atoms with van der Waals surface area (Å²) in [4.78, 5) is 2.49. The fourth-order valence-corrected chi connectivity index (χ4v) is 2.66. The highest BCUT2D eigenvalue weighted by Gasteiger charge is 2.26. The van der Waals surface area contributed by atoms with Crippen LogP contribution in [0.4, 0.5) is 0 Å². The standard InChI is InChI=1S/C16H25ClN2/c1-3-10-18-16(9-11-19(2)15-7-8-15)13-5-4-6-14(17)12-13/h4-6,12,15-16,18H,3,7-11H2,1-2H3. The maximum absolute atomic E-state index is 6.11. The predicted molar refractivity (Wildman–Crippen MR) is 82.8 cm³/mol. The molecule has 0 aromatic heterocycles. The second kappa shape index (κ2) is 7.28. The van der Waals surface area contributed by atoms with Crippen molar-refractivity contribution in [3.63, 3.8) is 0 Å². The zero-order valence-corrected chi connectivity index (χ0v) is 12.8. The van der Waals surface area contributed by atoms with Crippen LogP contribution < -0.4 is 5.32 Å². The molecule has 2 rings (SSSR count). The van der Waals surface area contributed by atoms with E-state index in [-0.39, 0.29) is 0 Å². The molecule has 0 aliphatic heterocycles. The molecule has 0 heterocycles. The van der Waals surface area contributed by atoms with E-state index in [2.05, 4.69) is 36.3 Å². The minimum atomic E-state index is 0.417. The number of nitrogens with one attached hydrogen (secondary N) is 1. The first kappa shape index (κ1) is 14.8. The molecule has 0 amide bonds. The summed E-state index contributed by atoms with van der Waals surface area (Å²) < 4.78 is 0. The van der Waals surface area contributed by atoms with Crippen LogP contribution in [0.3, 0.4) is 0 Å². The van der Waals surface area contributed by atoms with Crippen molar-refractivity contribution < 1.29 is 0 Å². The van der Waals surface area contributed by atoms with Gasteiger partial charge in [-0.1, -0.05) is 30.7 Å². The molecule has 1 fully saturated rings. The van der Waals surface area contributed by atoms with Gasteiger partial charge in [0.15, 0.2) is 0 Å². The average Bonchev–Trinajstić information content (AvgIpc) is 3.23. The minimum Gasteiger partial charge on any atom is -0.310 e. The highest BCUT2D eigenvalue weighted by molar-refractivity contribution is 6.30. The van der Waals surface area contributed by atoms with Crippen LogP contribution in [0.1, 0.15) is 44.2 Å². The number of hydrogen-bond acceptors (Lipinski definition) is 2. The quantitative estimate of drug-likeness (QED) is 0.778. The van der Waals surface area contributed by atoms with Gasteiger partial charge in [-0.25, -0.2) is 0 Å². The van der Waals surface area contributed by atoms with Gasteiger partial charge in [-0.05, 0) is 63.5 Å². The molecule has 3 heteroatoms. The van der Waals surface area contributed by atoms with Gasteiger partial charge in [0.25, 0.3) is 0 Å². The van der Waals surface area contributed by atoms with Crippen LogP contribution in [-0.2, 0) is 0 Å². The first-order valence-electron chi connectivity index (χ1n) is 7.39. The van der Waals surface area contributed by atoms with Crippen molar-refractivity contribution in [2.75, 3.05) is 20.1 Å². The lowest BCUT2D eigenvalue weighted by Crippen LogP contribution is -2.29. The Bertz CT molecular complexity index is 390. The van der Waals surface area contributed by atoms with Crippen molar-refractivity contribution in [1.29, 1.82) is 0 Å². The van der Waals surface area contributed by atoms with Gasteiger partial charge in [-0.15, -0.1) is 0 Å². The second-order valence-electron chi connectivity index (χ2n) is 5.56. The molecule has 0 spiro atoms. The molecule has 0 radical (unpaired) electrons. The van der Waals surface area contributed by atoms with Crippen LogP contribution in [-0.4, -0.2) is 31.1 Å². The van der Waals surface area contributed by atoms with Crippen molar-refractivity contribution in [3.8, 4) is 0 Å². The smallest absolute Gasteiger partial charge is 0.0409 e. The summed E-state index contributed by atoms with van der Waals surface area (Å²) >= 11 is 6.11. The minimum absolute atomic E-state index is 0.417. The topological polar surface area (TPSA) is 15.3 Å². The van der Waals surface area contributed by atoms with Gasteiger partial charge in [0, 0.05) is 17.1 Å². The normalized spacial score (nSPS) is 16.8. The van der Waals surface area contributed by atoms with E-state index in [1.807, 2.05) is 12.1 Å². The number of nitrogens with zero attached hydrogens (tertiary/aromatic N) is 1. The average molecular weight is 281 g/mol. The summed E-state index contributed by atoms with van der Waals surface area (Å²) in [5, 5.41) is 4.47. The van der Waals surface area contributed by atoms with Gasteiger partial charge in [-0.3, -0.25) is 0 Å². The highest BCUT2D eigenvalue weighted by Crippen LogP contribution is 2.27. The second-order valence-corrected chi connectivity index (χ2v) is 6.00. The zero-order valence-electron chi connectivity index (χ0n) is 12.0. The molecule has 1 atom stereocenters. The van der Waals surface area contributed by atoms with Crippen molar-refractivity contribution in [2.45, 2.75) is 44.7 Å². The monoisotopic (exact) mass is 280 g/mol. The third-order valence-electron chi connectivity index (χ3n) is 3.83. The molecule has 1 aliphatic carbocycles. The molecular formula is C16H25ClN2. The number of benzene rings is 1. The summed E-state index contributed by atoms with van der Waals surface area (Å²) in [5.41, 5.74) is 1.31. The molecular weight excluding hydrogens is 256 g/mol. The third kappa shape index (κ3) is 4.79. The van der Waals surface area contributed by atoms with E-state index in [0.29, 0.717) is 6.04 Å². The van der Waals surface area contributed by atoms with Gasteiger partial charge < -0.3 is 10.2 Å². The molecule has 0 saturated heterocycles. The number of hydrogen-bond donors (Lipinski definition) is 1. The highest BCUT2D eigenvalue weighted by atomic mass is 35.5. The zero-order chi connectivity index (χ0) is 13.7. The fraction of sp³-hybridized carbons (Fsp3) is 0.625. The Kier molecular flexibility index (Phi) is 5.68. The first-order chi connectivity index (χ1) is 9.20. The van der Waals surface area contributed by atoms with Gasteiger partial charge in [0.2, 0.25) is 0 Å². The van der Waals surface area contributed by atoms with Crippen LogP contribution in [0.25, 0.3) is 0 Å². The lowest BCUT2D eigenvalue weighted by Gasteiger charge is -2.23. The number of halogens is 1. The molecule has 2 nitrogen and oxygen atoms in total. The maximum atomic E-state index is 6.11. The summed E-state index contributed by atoms with van der Waals surface area (Å²) in [6, 6.07) is 9.51. The van der Waals surface area contributed by atoms with E-state index < -0.39 is 0 Å². The molecule has 1 N–H and O–H groups in total. The lowest BCUT2D eigenvalue weighted by atomic mass is 10.0. The van der Waals surface area contributed by atoms with E-state index in [9.17, 15) is 0 Å². The summed E-state index contributed by atoms with van der Waals surface area (Å²) in [6.45, 7) is 4.42. The van der Waals surface area contributed by atoms with Crippen LogP contribution >= 0.6 is 11.6 Å². The van der Waals surface area contributed by atoms with Crippen LogP contribution in [0.5, 0.6) is 0 Å². The molecule has 1 aromatic rings. The Morgan fingerprint density at radius 2 is 2.21 bits per heavy atom. The largest absolute Gasteiger partial charge is 0.310 e. The Hall–Kier alpha value is -0.570. The van der Waals surface area contributed by atoms with Crippen molar-refractivity contribution in [3.05, 3.63) is 34.9 Å². The van der Waals surface area contributed by atoms with E-state index in [0.717, 1.165) is 37.0 Å². The lowest BCUT2D eigenvalue weighted by molar-refractivity contribution is 0.298. The van der Waals surface area contributed by atoms with Crippen LogP contribution in [0, 0.1) is 0 Å². The van der Waals surface area contributed by atoms with Crippen molar-refractivity contribution in [2.24, 2.45) is 0 Å². The van der Waals surface area contributed by atoms with E-state index in [4.69, 9.17) is 11.6 Å². The van der Waals surface area contributed by atoms with Gasteiger partial charge >= 0.3 is 0 Å². The molecule has 1 aliphatic rings. The Morgan fingerprint density at radius 1 is 1.42 bits per heavy atom. The molecule has 1 unspecified atom stereocenters. The summed E-state index contributed by atoms with van der Waals surface area (Å²) in [6.07, 6.45) is 5.06. The van der Waals surface area contributed by atoms with Crippen LogP contribution in [0.2, 0.25) is 5.02 Å². The fourth-order valence-electron chi connectivity index (χ4n) is 2.46. The molecule has 106 valence electrons.